The number of sulfonamides is 1. The van der Waals surface area contributed by atoms with Gasteiger partial charge in [0.2, 0.25) is 11.8 Å². The number of rotatable bonds is 14. The molecule has 0 spiro atoms. The molecule has 0 bridgehead atoms. The molecule has 3 rings (SSSR count). The molecule has 0 saturated heterocycles. The van der Waals surface area contributed by atoms with Crippen molar-refractivity contribution in [3.63, 3.8) is 0 Å². The molecule has 3 aromatic carbocycles. The number of nitro groups is 1. The minimum Gasteiger partial charge on any atom is -0.497 e. The van der Waals surface area contributed by atoms with Crippen molar-refractivity contribution in [3.05, 3.63) is 93.5 Å². The number of benzene rings is 3. The Kier molecular flexibility index (Phi) is 11.2. The Hall–Kier alpha value is -4.45. The van der Waals surface area contributed by atoms with Gasteiger partial charge in [-0.05, 0) is 63.1 Å². The van der Waals surface area contributed by atoms with Crippen LogP contribution in [-0.2, 0) is 26.2 Å². The monoisotopic (exact) mass is 610 g/mol. The van der Waals surface area contributed by atoms with Crippen LogP contribution in [0.5, 0.6) is 5.75 Å². The number of nitrogens with zero attached hydrogens (tertiary/aromatic N) is 3. The van der Waals surface area contributed by atoms with Crippen LogP contribution in [0.3, 0.4) is 0 Å². The normalized spacial score (nSPS) is 11.8. The van der Waals surface area contributed by atoms with Crippen LogP contribution < -0.4 is 14.4 Å². The van der Waals surface area contributed by atoms with Crippen molar-refractivity contribution < 1.29 is 27.7 Å². The molecule has 0 aliphatic rings. The lowest BCUT2D eigenvalue weighted by molar-refractivity contribution is -0.385. The minimum atomic E-state index is -4.48. The molecule has 43 heavy (non-hydrogen) atoms. The van der Waals surface area contributed by atoms with Gasteiger partial charge in [0, 0.05) is 24.7 Å². The van der Waals surface area contributed by atoms with Gasteiger partial charge in [-0.25, -0.2) is 8.42 Å². The van der Waals surface area contributed by atoms with E-state index in [9.17, 15) is 28.1 Å². The van der Waals surface area contributed by atoms with Gasteiger partial charge in [-0.15, -0.1) is 0 Å². The third-order valence-corrected chi connectivity index (χ3v) is 8.81. The highest BCUT2D eigenvalue weighted by Crippen LogP contribution is 2.29. The van der Waals surface area contributed by atoms with Crippen molar-refractivity contribution in [3.8, 4) is 5.75 Å². The molecule has 12 heteroatoms. The second-order valence-corrected chi connectivity index (χ2v) is 12.1. The lowest BCUT2D eigenvalue weighted by Crippen LogP contribution is -2.51. The number of aryl methyl sites for hydroxylation is 2. The molecular weight excluding hydrogens is 572 g/mol. The number of unbranched alkanes of at least 4 members (excludes halogenated alkanes) is 1. The second-order valence-electron chi connectivity index (χ2n) is 10.2. The zero-order chi connectivity index (χ0) is 31.7. The van der Waals surface area contributed by atoms with Gasteiger partial charge in [0.15, 0.2) is 0 Å². The largest absolute Gasteiger partial charge is 0.497 e. The number of methoxy groups -OCH3 is 1. The van der Waals surface area contributed by atoms with Crippen LogP contribution in [0, 0.1) is 24.0 Å². The van der Waals surface area contributed by atoms with Gasteiger partial charge in [-0.3, -0.25) is 24.0 Å². The Morgan fingerprint density at radius 3 is 2.35 bits per heavy atom. The average molecular weight is 611 g/mol. The number of amides is 2. The maximum absolute atomic E-state index is 14.0. The smallest absolute Gasteiger partial charge is 0.273 e. The first-order chi connectivity index (χ1) is 20.4. The van der Waals surface area contributed by atoms with Crippen molar-refractivity contribution in [2.45, 2.75) is 58.0 Å². The molecule has 0 radical (unpaired) electrons. The lowest BCUT2D eigenvalue weighted by atomic mass is 10.1. The van der Waals surface area contributed by atoms with Crippen LogP contribution in [0.2, 0.25) is 0 Å². The Morgan fingerprint density at radius 2 is 1.74 bits per heavy atom. The summed E-state index contributed by atoms with van der Waals surface area (Å²) in [5, 5.41) is 14.4. The number of carbonyl (C=O) groups excluding carboxylic acids is 2. The molecule has 0 saturated carbocycles. The summed E-state index contributed by atoms with van der Waals surface area (Å²) in [4.78, 5) is 39.1. The highest BCUT2D eigenvalue weighted by Gasteiger charge is 2.33. The Morgan fingerprint density at radius 1 is 1.05 bits per heavy atom. The van der Waals surface area contributed by atoms with E-state index >= 15 is 0 Å². The van der Waals surface area contributed by atoms with Crippen molar-refractivity contribution in [2.75, 3.05) is 24.5 Å². The molecule has 0 aromatic heterocycles. The molecule has 0 aliphatic heterocycles. The number of nitro benzene ring substituents is 1. The fraction of sp³-hybridized carbons (Fsp3) is 0.355. The van der Waals surface area contributed by atoms with Crippen LogP contribution >= 0.6 is 0 Å². The molecule has 1 atom stereocenters. The molecule has 0 aliphatic carbocycles. The lowest BCUT2D eigenvalue weighted by Gasteiger charge is -2.32. The summed E-state index contributed by atoms with van der Waals surface area (Å²) >= 11 is 0. The fourth-order valence-electron chi connectivity index (χ4n) is 4.48. The van der Waals surface area contributed by atoms with Crippen molar-refractivity contribution in [2.24, 2.45) is 0 Å². The van der Waals surface area contributed by atoms with Gasteiger partial charge in [0.25, 0.3) is 15.7 Å². The van der Waals surface area contributed by atoms with E-state index in [0.717, 1.165) is 34.3 Å². The first-order valence-corrected chi connectivity index (χ1v) is 15.4. The quantitative estimate of drug-likeness (QED) is 0.158. The second kappa shape index (κ2) is 14.6. The van der Waals surface area contributed by atoms with E-state index in [4.69, 9.17) is 4.74 Å². The summed E-state index contributed by atoms with van der Waals surface area (Å²) in [5.41, 5.74) is 1.82. The average Bonchev–Trinajstić information content (AvgIpc) is 2.98. The van der Waals surface area contributed by atoms with E-state index in [1.807, 2.05) is 38.1 Å². The number of anilines is 1. The number of nitrogens with one attached hydrogen (secondary N) is 1. The van der Waals surface area contributed by atoms with Gasteiger partial charge in [0.05, 0.1) is 22.6 Å². The topological polar surface area (TPSA) is 139 Å². The van der Waals surface area contributed by atoms with E-state index in [-0.39, 0.29) is 28.7 Å². The number of ether oxygens (including phenoxy) is 1. The van der Waals surface area contributed by atoms with Crippen LogP contribution in [-0.4, -0.2) is 56.3 Å². The van der Waals surface area contributed by atoms with E-state index in [1.54, 1.807) is 19.1 Å². The van der Waals surface area contributed by atoms with Gasteiger partial charge >= 0.3 is 0 Å². The highest BCUT2D eigenvalue weighted by atomic mass is 32.2. The van der Waals surface area contributed by atoms with E-state index < -0.39 is 33.4 Å². The molecule has 230 valence electrons. The van der Waals surface area contributed by atoms with Gasteiger partial charge in [-0.2, -0.15) is 0 Å². The third-order valence-electron chi connectivity index (χ3n) is 7.04. The summed E-state index contributed by atoms with van der Waals surface area (Å²) in [6.07, 6.45) is 1.66. The van der Waals surface area contributed by atoms with Gasteiger partial charge in [0.1, 0.15) is 18.3 Å². The third kappa shape index (κ3) is 8.31. The summed E-state index contributed by atoms with van der Waals surface area (Å²) in [6.45, 7) is 6.88. The fourth-order valence-corrected chi connectivity index (χ4v) is 5.91. The first kappa shape index (κ1) is 33.1. The standard InChI is InChI=1S/C31H38N4O7S/c1-6-7-17-32-31(37)24(4)33(20-25-10-8-9-22(2)18-25)30(36)21-34(26-12-14-27(42-5)15-13-26)43(40,41)28-16-11-23(3)29(19-28)35(38)39/h8-16,18-19,24H,6-7,17,20-21H2,1-5H3,(H,32,37)/t24-/m1/s1. The van der Waals surface area contributed by atoms with Crippen LogP contribution in [0.1, 0.15) is 43.4 Å². The van der Waals surface area contributed by atoms with E-state index in [0.29, 0.717) is 17.9 Å². The maximum atomic E-state index is 14.0. The zero-order valence-corrected chi connectivity index (χ0v) is 25.9. The molecule has 0 fully saturated rings. The molecule has 1 N–H and O–H groups in total. The Labute approximate surface area is 252 Å². The van der Waals surface area contributed by atoms with Crippen LogP contribution in [0.15, 0.2) is 71.6 Å². The number of carbonyl (C=O) groups is 2. The Balaban J connectivity index is 2.07. The Bertz CT molecular complexity index is 1560. The van der Waals surface area contributed by atoms with Crippen LogP contribution in [0.4, 0.5) is 11.4 Å². The minimum absolute atomic E-state index is 0.0649. The first-order valence-electron chi connectivity index (χ1n) is 13.9. The van der Waals surface area contributed by atoms with Crippen molar-refractivity contribution in [1.29, 1.82) is 0 Å². The molecule has 0 heterocycles. The molecule has 11 nitrogen and oxygen atoms in total. The van der Waals surface area contributed by atoms with E-state index in [1.165, 1.54) is 43.2 Å². The maximum Gasteiger partial charge on any atom is 0.273 e. The zero-order valence-electron chi connectivity index (χ0n) is 25.1. The van der Waals surface area contributed by atoms with Crippen LogP contribution in [0.25, 0.3) is 0 Å². The number of hydrogen-bond donors (Lipinski definition) is 1. The molecule has 2 amide bonds. The molecule has 0 unspecified atom stereocenters. The highest BCUT2D eigenvalue weighted by molar-refractivity contribution is 7.92. The predicted molar refractivity (Wildman–Crippen MR) is 164 cm³/mol. The number of hydrogen-bond acceptors (Lipinski definition) is 7. The van der Waals surface area contributed by atoms with E-state index in [2.05, 4.69) is 5.32 Å². The SMILES string of the molecule is CCCCNC(=O)[C@@H](C)N(Cc1cccc(C)c1)C(=O)CN(c1ccc(OC)cc1)S(=O)(=O)c1ccc(C)c([N+](=O)[O-])c1. The predicted octanol–water partition coefficient (Wildman–Crippen LogP) is 4.75. The molecular formula is C31H38N4O7S. The van der Waals surface area contributed by atoms with Crippen molar-refractivity contribution >= 4 is 33.2 Å². The van der Waals surface area contributed by atoms with Gasteiger partial charge in [-0.1, -0.05) is 49.2 Å². The molecule has 3 aromatic rings. The summed E-state index contributed by atoms with van der Waals surface area (Å²) in [7, 11) is -3.01. The van der Waals surface area contributed by atoms with Crippen molar-refractivity contribution in [1.82, 2.24) is 10.2 Å². The summed E-state index contributed by atoms with van der Waals surface area (Å²) in [6, 6.07) is 16.2. The van der Waals surface area contributed by atoms with Gasteiger partial charge < -0.3 is 15.0 Å². The summed E-state index contributed by atoms with van der Waals surface area (Å²) < 4.78 is 34.2. The summed E-state index contributed by atoms with van der Waals surface area (Å²) in [5.74, 6) is -0.514.